The summed E-state index contributed by atoms with van der Waals surface area (Å²) in [6, 6.07) is 10.3. The Kier molecular flexibility index (Phi) is 7.87. The van der Waals surface area contributed by atoms with Crippen molar-refractivity contribution in [2.45, 2.75) is 39.7 Å². The van der Waals surface area contributed by atoms with Crippen molar-refractivity contribution in [2.75, 3.05) is 13.2 Å². The van der Waals surface area contributed by atoms with Crippen LogP contribution in [0.4, 0.5) is 13.2 Å². The first-order valence-electron chi connectivity index (χ1n) is 9.35. The van der Waals surface area contributed by atoms with Gasteiger partial charge >= 0.3 is 0 Å². The molecule has 0 aromatic heterocycles. The lowest BCUT2D eigenvalue weighted by molar-refractivity contribution is 0.215. The third-order valence-corrected chi connectivity index (χ3v) is 4.75. The molecule has 2 rings (SSSR count). The van der Waals surface area contributed by atoms with Gasteiger partial charge in [0.1, 0.15) is 0 Å². The lowest BCUT2D eigenvalue weighted by Crippen LogP contribution is -2.31. The Morgan fingerprint density at radius 1 is 1.04 bits per heavy atom. The van der Waals surface area contributed by atoms with Gasteiger partial charge in [-0.25, -0.2) is 13.2 Å². The van der Waals surface area contributed by atoms with E-state index in [9.17, 15) is 18.3 Å². The molecular formula is C22H28F3NO. The highest BCUT2D eigenvalue weighted by Crippen LogP contribution is 2.25. The Labute approximate surface area is 159 Å². The normalized spacial score (nSPS) is 13.8. The van der Waals surface area contributed by atoms with Crippen molar-refractivity contribution in [2.24, 2.45) is 11.8 Å². The van der Waals surface area contributed by atoms with Gasteiger partial charge in [-0.2, -0.15) is 0 Å². The molecule has 2 N–H and O–H groups in total. The molecule has 2 aromatic carbocycles. The van der Waals surface area contributed by atoms with E-state index in [0.717, 1.165) is 18.6 Å². The summed E-state index contributed by atoms with van der Waals surface area (Å²) in [6.45, 7) is 6.73. The second-order valence-corrected chi connectivity index (χ2v) is 7.57. The van der Waals surface area contributed by atoms with E-state index in [1.165, 1.54) is 11.1 Å². The van der Waals surface area contributed by atoms with Gasteiger partial charge in [0.2, 0.25) is 0 Å². The number of rotatable bonds is 9. The fourth-order valence-corrected chi connectivity index (χ4v) is 3.34. The molecule has 0 aliphatic rings. The minimum absolute atomic E-state index is 0.127. The highest BCUT2D eigenvalue weighted by Gasteiger charge is 2.19. The third kappa shape index (κ3) is 6.08. The molecule has 0 saturated carbocycles. The predicted octanol–water partition coefficient (Wildman–Crippen LogP) is 4.94. The Morgan fingerprint density at radius 2 is 1.67 bits per heavy atom. The Bertz CT molecular complexity index is 725. The number of halogens is 3. The van der Waals surface area contributed by atoms with Crippen molar-refractivity contribution in [3.8, 4) is 0 Å². The molecular weight excluding hydrogens is 351 g/mol. The van der Waals surface area contributed by atoms with Crippen LogP contribution in [0.25, 0.3) is 0 Å². The molecule has 0 aliphatic heterocycles. The van der Waals surface area contributed by atoms with Crippen LogP contribution in [0.15, 0.2) is 36.4 Å². The van der Waals surface area contributed by atoms with E-state index < -0.39 is 17.5 Å². The first-order valence-corrected chi connectivity index (χ1v) is 9.35. The Hall–Kier alpha value is -1.85. The molecule has 27 heavy (non-hydrogen) atoms. The molecule has 148 valence electrons. The van der Waals surface area contributed by atoms with Gasteiger partial charge in [-0.1, -0.05) is 38.1 Å². The van der Waals surface area contributed by atoms with Crippen LogP contribution in [0.2, 0.25) is 0 Å². The second kappa shape index (κ2) is 9.90. The SMILES string of the molecule is Cc1ccccc1C(CC(C)C)NCC(CO)Cc1cc(F)c(F)c(F)c1. The Morgan fingerprint density at radius 3 is 2.22 bits per heavy atom. The highest BCUT2D eigenvalue weighted by molar-refractivity contribution is 5.29. The smallest absolute Gasteiger partial charge is 0.194 e. The lowest BCUT2D eigenvalue weighted by atomic mass is 9.92. The molecule has 0 bridgehead atoms. The van der Waals surface area contributed by atoms with Gasteiger partial charge in [0.15, 0.2) is 17.5 Å². The highest BCUT2D eigenvalue weighted by atomic mass is 19.2. The number of benzene rings is 2. The third-order valence-electron chi connectivity index (χ3n) is 4.75. The van der Waals surface area contributed by atoms with Crippen LogP contribution in [0.3, 0.4) is 0 Å². The first kappa shape index (κ1) is 21.5. The quantitative estimate of drug-likeness (QED) is 0.605. The molecule has 0 spiro atoms. The molecule has 2 aromatic rings. The standard InChI is InChI=1S/C22H28F3NO/c1-14(2)8-21(18-7-5-4-6-15(18)3)26-12-17(13-27)9-16-10-19(23)22(25)20(24)11-16/h4-7,10-11,14,17,21,26-27H,8-9,12-13H2,1-3H3. The van der Waals surface area contributed by atoms with Crippen LogP contribution in [-0.2, 0) is 6.42 Å². The molecule has 5 heteroatoms. The fraction of sp³-hybridized carbons (Fsp3) is 0.455. The zero-order valence-corrected chi connectivity index (χ0v) is 16.1. The number of hydrogen-bond donors (Lipinski definition) is 2. The van der Waals surface area contributed by atoms with E-state index in [1.807, 2.05) is 12.1 Å². The molecule has 2 atom stereocenters. The monoisotopic (exact) mass is 379 g/mol. The molecule has 0 radical (unpaired) electrons. The summed E-state index contributed by atoms with van der Waals surface area (Å²) in [5.74, 6) is -3.61. The summed E-state index contributed by atoms with van der Waals surface area (Å²) < 4.78 is 40.0. The summed E-state index contributed by atoms with van der Waals surface area (Å²) in [5, 5.41) is 13.2. The van der Waals surface area contributed by atoms with Crippen LogP contribution >= 0.6 is 0 Å². The molecule has 0 heterocycles. The average Bonchev–Trinajstić information content (AvgIpc) is 2.62. The lowest BCUT2D eigenvalue weighted by Gasteiger charge is -2.25. The summed E-state index contributed by atoms with van der Waals surface area (Å²) in [6.07, 6.45) is 1.20. The van der Waals surface area contributed by atoms with Gasteiger partial charge in [0, 0.05) is 19.2 Å². The number of nitrogens with one attached hydrogen (secondary N) is 1. The minimum atomic E-state index is -1.46. The fourth-order valence-electron chi connectivity index (χ4n) is 3.34. The van der Waals surface area contributed by atoms with Crippen molar-refractivity contribution in [1.29, 1.82) is 0 Å². The van der Waals surface area contributed by atoms with E-state index in [-0.39, 0.29) is 25.0 Å². The van der Waals surface area contributed by atoms with Crippen molar-refractivity contribution in [3.05, 3.63) is 70.5 Å². The number of hydrogen-bond acceptors (Lipinski definition) is 2. The molecule has 0 fully saturated rings. The van der Waals surface area contributed by atoms with Crippen LogP contribution in [0.5, 0.6) is 0 Å². The topological polar surface area (TPSA) is 32.3 Å². The Balaban J connectivity index is 2.08. The maximum Gasteiger partial charge on any atom is 0.194 e. The van der Waals surface area contributed by atoms with E-state index in [4.69, 9.17) is 0 Å². The summed E-state index contributed by atoms with van der Waals surface area (Å²) in [5.41, 5.74) is 2.74. The summed E-state index contributed by atoms with van der Waals surface area (Å²) in [7, 11) is 0. The number of aliphatic hydroxyl groups excluding tert-OH is 1. The van der Waals surface area contributed by atoms with E-state index >= 15 is 0 Å². The van der Waals surface area contributed by atoms with Crippen LogP contribution in [0.1, 0.15) is 43.0 Å². The second-order valence-electron chi connectivity index (χ2n) is 7.57. The zero-order valence-electron chi connectivity index (χ0n) is 16.1. The van der Waals surface area contributed by atoms with Crippen LogP contribution in [-0.4, -0.2) is 18.3 Å². The molecule has 0 saturated heterocycles. The van der Waals surface area contributed by atoms with E-state index in [1.54, 1.807) is 0 Å². The van der Waals surface area contributed by atoms with Crippen molar-refractivity contribution in [1.82, 2.24) is 5.32 Å². The predicted molar refractivity (Wildman–Crippen MR) is 102 cm³/mol. The average molecular weight is 379 g/mol. The first-order chi connectivity index (χ1) is 12.8. The maximum atomic E-state index is 13.4. The number of aryl methyl sites for hydroxylation is 1. The molecule has 0 amide bonds. The van der Waals surface area contributed by atoms with Gasteiger partial charge < -0.3 is 10.4 Å². The maximum absolute atomic E-state index is 13.4. The minimum Gasteiger partial charge on any atom is -0.396 e. The van der Waals surface area contributed by atoms with Gasteiger partial charge in [-0.3, -0.25) is 0 Å². The molecule has 2 nitrogen and oxygen atoms in total. The molecule has 2 unspecified atom stereocenters. The van der Waals surface area contributed by atoms with Gasteiger partial charge in [-0.15, -0.1) is 0 Å². The van der Waals surface area contributed by atoms with Crippen molar-refractivity contribution >= 4 is 0 Å². The van der Waals surface area contributed by atoms with Crippen LogP contribution < -0.4 is 5.32 Å². The van der Waals surface area contributed by atoms with Gasteiger partial charge in [-0.05, 0) is 60.4 Å². The summed E-state index contributed by atoms with van der Waals surface area (Å²) in [4.78, 5) is 0. The molecule has 0 aliphatic carbocycles. The zero-order chi connectivity index (χ0) is 20.0. The number of aliphatic hydroxyl groups is 1. The van der Waals surface area contributed by atoms with E-state index in [0.29, 0.717) is 18.0 Å². The van der Waals surface area contributed by atoms with Crippen LogP contribution in [0, 0.1) is 36.2 Å². The van der Waals surface area contributed by atoms with Crippen molar-refractivity contribution < 1.29 is 18.3 Å². The van der Waals surface area contributed by atoms with E-state index in [2.05, 4.69) is 38.2 Å². The van der Waals surface area contributed by atoms with Crippen molar-refractivity contribution in [3.63, 3.8) is 0 Å². The van der Waals surface area contributed by atoms with Gasteiger partial charge in [0.25, 0.3) is 0 Å². The largest absolute Gasteiger partial charge is 0.396 e. The summed E-state index contributed by atoms with van der Waals surface area (Å²) >= 11 is 0. The van der Waals surface area contributed by atoms with Gasteiger partial charge in [0.05, 0.1) is 0 Å².